The standard InChI is InChI=1S/C10H12BrNO2S/c1-6(15)10(13)12-7-3-4-8(11)9(5-7)14-2/h3-6,15H,1-2H3,(H,12,13). The molecule has 82 valence electrons. The largest absolute Gasteiger partial charge is 0.495 e. The number of rotatable bonds is 3. The van der Waals surface area contributed by atoms with E-state index in [0.29, 0.717) is 11.4 Å². The number of benzene rings is 1. The summed E-state index contributed by atoms with van der Waals surface area (Å²) in [5, 5.41) is 2.39. The summed E-state index contributed by atoms with van der Waals surface area (Å²) in [5.41, 5.74) is 0.695. The van der Waals surface area contributed by atoms with Crippen molar-refractivity contribution in [3.8, 4) is 5.75 Å². The van der Waals surface area contributed by atoms with Gasteiger partial charge in [-0.1, -0.05) is 0 Å². The summed E-state index contributed by atoms with van der Waals surface area (Å²) in [4.78, 5) is 11.4. The van der Waals surface area contributed by atoms with E-state index in [1.54, 1.807) is 26.2 Å². The molecule has 1 N–H and O–H groups in total. The van der Waals surface area contributed by atoms with Crippen molar-refractivity contribution in [1.82, 2.24) is 0 Å². The molecule has 5 heteroatoms. The van der Waals surface area contributed by atoms with Crippen LogP contribution in [-0.4, -0.2) is 18.3 Å². The number of nitrogens with one attached hydrogen (secondary N) is 1. The number of hydrogen-bond acceptors (Lipinski definition) is 3. The lowest BCUT2D eigenvalue weighted by Crippen LogP contribution is -2.20. The Balaban J connectivity index is 2.83. The lowest BCUT2D eigenvalue weighted by molar-refractivity contribution is -0.115. The minimum absolute atomic E-state index is 0.136. The molecule has 1 rings (SSSR count). The highest BCUT2D eigenvalue weighted by Gasteiger charge is 2.09. The minimum Gasteiger partial charge on any atom is -0.495 e. The zero-order valence-electron chi connectivity index (χ0n) is 8.45. The molecule has 0 fully saturated rings. The molecule has 0 aliphatic rings. The molecule has 3 nitrogen and oxygen atoms in total. The van der Waals surface area contributed by atoms with E-state index in [1.807, 2.05) is 6.07 Å². The third-order valence-electron chi connectivity index (χ3n) is 1.80. The third-order valence-corrected chi connectivity index (χ3v) is 2.69. The number of anilines is 1. The number of ether oxygens (including phenoxy) is 1. The first kappa shape index (κ1) is 12.4. The van der Waals surface area contributed by atoms with Crippen molar-refractivity contribution in [2.24, 2.45) is 0 Å². The second kappa shape index (κ2) is 5.42. The molecule has 0 saturated heterocycles. The van der Waals surface area contributed by atoms with Crippen molar-refractivity contribution in [3.63, 3.8) is 0 Å². The van der Waals surface area contributed by atoms with Crippen LogP contribution < -0.4 is 10.1 Å². The van der Waals surface area contributed by atoms with Gasteiger partial charge in [0, 0.05) is 11.8 Å². The fourth-order valence-corrected chi connectivity index (χ4v) is 1.46. The van der Waals surface area contributed by atoms with Crippen LogP contribution in [0.2, 0.25) is 0 Å². The molecule has 0 aliphatic carbocycles. The molecule has 0 aromatic heterocycles. The first-order valence-corrected chi connectivity index (χ1v) is 5.68. The van der Waals surface area contributed by atoms with Crippen molar-refractivity contribution in [1.29, 1.82) is 0 Å². The quantitative estimate of drug-likeness (QED) is 0.840. The van der Waals surface area contributed by atoms with Gasteiger partial charge in [-0.15, -0.1) is 0 Å². The Morgan fingerprint density at radius 1 is 1.60 bits per heavy atom. The van der Waals surface area contributed by atoms with Gasteiger partial charge in [0.25, 0.3) is 0 Å². The van der Waals surface area contributed by atoms with Crippen molar-refractivity contribution in [3.05, 3.63) is 22.7 Å². The van der Waals surface area contributed by atoms with Crippen molar-refractivity contribution < 1.29 is 9.53 Å². The van der Waals surface area contributed by atoms with Crippen LogP contribution in [0.1, 0.15) is 6.92 Å². The Bertz CT molecular complexity index is 368. The fraction of sp³-hybridized carbons (Fsp3) is 0.300. The van der Waals surface area contributed by atoms with E-state index >= 15 is 0 Å². The first-order chi connectivity index (χ1) is 7.04. The summed E-state index contributed by atoms with van der Waals surface area (Å²) >= 11 is 7.37. The zero-order chi connectivity index (χ0) is 11.4. The van der Waals surface area contributed by atoms with Crippen LogP contribution in [0, 0.1) is 0 Å². The average molecular weight is 290 g/mol. The van der Waals surface area contributed by atoms with E-state index in [1.165, 1.54) is 0 Å². The lowest BCUT2D eigenvalue weighted by Gasteiger charge is -2.09. The maximum absolute atomic E-state index is 11.4. The molecule has 15 heavy (non-hydrogen) atoms. The number of halogens is 1. The van der Waals surface area contributed by atoms with E-state index in [9.17, 15) is 4.79 Å². The third kappa shape index (κ3) is 3.43. The molecule has 1 aromatic carbocycles. The Hall–Kier alpha value is -0.680. The van der Waals surface area contributed by atoms with E-state index in [4.69, 9.17) is 4.74 Å². The molecule has 0 aliphatic heterocycles. The molecule has 0 saturated carbocycles. The van der Waals surface area contributed by atoms with Gasteiger partial charge >= 0.3 is 0 Å². The van der Waals surface area contributed by atoms with E-state index in [2.05, 4.69) is 33.9 Å². The highest BCUT2D eigenvalue weighted by atomic mass is 79.9. The Kier molecular flexibility index (Phi) is 4.47. The van der Waals surface area contributed by atoms with E-state index in [-0.39, 0.29) is 11.2 Å². The normalized spacial score (nSPS) is 12.0. The molecule has 1 aromatic rings. The Labute approximate surface area is 103 Å². The van der Waals surface area contributed by atoms with Gasteiger partial charge in [-0.05, 0) is 35.0 Å². The summed E-state index contributed by atoms with van der Waals surface area (Å²) in [7, 11) is 1.58. The lowest BCUT2D eigenvalue weighted by atomic mass is 10.3. The molecule has 0 bridgehead atoms. The van der Waals surface area contributed by atoms with Crippen LogP contribution in [0.15, 0.2) is 22.7 Å². The summed E-state index contributed by atoms with van der Waals surface area (Å²) < 4.78 is 5.96. The molecular formula is C10H12BrNO2S. The smallest absolute Gasteiger partial charge is 0.236 e. The summed E-state index contributed by atoms with van der Waals surface area (Å²) in [6.45, 7) is 1.72. The van der Waals surface area contributed by atoms with Crippen LogP contribution in [0.5, 0.6) is 5.75 Å². The van der Waals surface area contributed by atoms with Crippen LogP contribution in [0.3, 0.4) is 0 Å². The van der Waals surface area contributed by atoms with Gasteiger partial charge in [-0.25, -0.2) is 0 Å². The molecule has 0 spiro atoms. The first-order valence-electron chi connectivity index (χ1n) is 4.37. The van der Waals surface area contributed by atoms with Gasteiger partial charge in [-0.2, -0.15) is 12.6 Å². The van der Waals surface area contributed by atoms with Gasteiger partial charge in [0.2, 0.25) is 5.91 Å². The molecule has 1 unspecified atom stereocenters. The summed E-state index contributed by atoms with van der Waals surface area (Å²) in [6.07, 6.45) is 0. The highest BCUT2D eigenvalue weighted by molar-refractivity contribution is 9.10. The highest BCUT2D eigenvalue weighted by Crippen LogP contribution is 2.27. The number of carbonyl (C=O) groups is 1. The monoisotopic (exact) mass is 289 g/mol. The SMILES string of the molecule is COc1cc(NC(=O)C(C)S)ccc1Br. The second-order valence-electron chi connectivity index (χ2n) is 3.01. The fourth-order valence-electron chi connectivity index (χ4n) is 0.984. The number of hydrogen-bond donors (Lipinski definition) is 2. The predicted molar refractivity (Wildman–Crippen MR) is 67.8 cm³/mol. The molecular weight excluding hydrogens is 278 g/mol. The maximum atomic E-state index is 11.4. The van der Waals surface area contributed by atoms with Crippen LogP contribution in [-0.2, 0) is 4.79 Å². The van der Waals surface area contributed by atoms with Crippen LogP contribution in [0.4, 0.5) is 5.69 Å². The number of carbonyl (C=O) groups excluding carboxylic acids is 1. The van der Waals surface area contributed by atoms with Crippen LogP contribution in [0.25, 0.3) is 0 Å². The molecule has 1 amide bonds. The van der Waals surface area contributed by atoms with E-state index < -0.39 is 0 Å². The number of thiol groups is 1. The van der Waals surface area contributed by atoms with Gasteiger partial charge in [-0.3, -0.25) is 4.79 Å². The van der Waals surface area contributed by atoms with Gasteiger partial charge in [0.05, 0.1) is 16.8 Å². The molecule has 0 radical (unpaired) electrons. The average Bonchev–Trinajstić information content (AvgIpc) is 2.20. The number of amides is 1. The van der Waals surface area contributed by atoms with E-state index in [0.717, 1.165) is 4.47 Å². The maximum Gasteiger partial charge on any atom is 0.236 e. The predicted octanol–water partition coefficient (Wildman–Crippen LogP) is 2.71. The Morgan fingerprint density at radius 2 is 2.27 bits per heavy atom. The van der Waals surface area contributed by atoms with Gasteiger partial charge in [0.15, 0.2) is 0 Å². The Morgan fingerprint density at radius 3 is 2.80 bits per heavy atom. The molecule has 1 atom stereocenters. The van der Waals surface area contributed by atoms with Crippen molar-refractivity contribution in [2.45, 2.75) is 12.2 Å². The van der Waals surface area contributed by atoms with Crippen LogP contribution >= 0.6 is 28.6 Å². The summed E-state index contributed by atoms with van der Waals surface area (Å²) in [6, 6.07) is 5.36. The zero-order valence-corrected chi connectivity index (χ0v) is 10.9. The van der Waals surface area contributed by atoms with Crippen molar-refractivity contribution in [2.75, 3.05) is 12.4 Å². The van der Waals surface area contributed by atoms with Gasteiger partial charge in [0.1, 0.15) is 5.75 Å². The topological polar surface area (TPSA) is 38.3 Å². The van der Waals surface area contributed by atoms with Gasteiger partial charge < -0.3 is 10.1 Å². The number of methoxy groups -OCH3 is 1. The minimum atomic E-state index is -0.334. The van der Waals surface area contributed by atoms with Crippen molar-refractivity contribution >= 4 is 40.2 Å². The molecule has 0 heterocycles. The summed E-state index contributed by atoms with van der Waals surface area (Å²) in [5.74, 6) is 0.544. The second-order valence-corrected chi connectivity index (χ2v) is 4.64.